The van der Waals surface area contributed by atoms with E-state index in [0.29, 0.717) is 6.42 Å². The molecule has 1 heterocycles. The highest BCUT2D eigenvalue weighted by molar-refractivity contribution is 5.27. The molecule has 90 valence electrons. The summed E-state index contributed by atoms with van der Waals surface area (Å²) in [5, 5.41) is 18.3. The van der Waals surface area contributed by atoms with Gasteiger partial charge in [-0.15, -0.1) is 5.10 Å². The van der Waals surface area contributed by atoms with Crippen LogP contribution in [0.5, 0.6) is 0 Å². The Kier molecular flexibility index (Phi) is 2.98. The molecule has 0 fully saturated rings. The third-order valence-electron chi connectivity index (χ3n) is 2.85. The number of hydrogen-bond donors (Lipinski definition) is 1. The van der Waals surface area contributed by atoms with Crippen molar-refractivity contribution >= 4 is 0 Å². The molecule has 4 heteroatoms. The Morgan fingerprint density at radius 1 is 1.29 bits per heavy atom. The topological polar surface area (TPSA) is 50.9 Å². The number of benzene rings is 1. The second-order valence-corrected chi connectivity index (χ2v) is 4.70. The molecule has 0 saturated carbocycles. The Morgan fingerprint density at radius 2 is 1.94 bits per heavy atom. The quantitative estimate of drug-likeness (QED) is 0.872. The predicted octanol–water partition coefficient (Wildman–Crippen LogP) is 1.57. The summed E-state index contributed by atoms with van der Waals surface area (Å²) in [7, 11) is 1.82. The van der Waals surface area contributed by atoms with Crippen molar-refractivity contribution in [2.45, 2.75) is 25.9 Å². The molecule has 0 aliphatic rings. The van der Waals surface area contributed by atoms with Crippen LogP contribution in [0, 0.1) is 6.92 Å². The van der Waals surface area contributed by atoms with E-state index < -0.39 is 5.60 Å². The number of nitrogens with zero attached hydrogens (tertiary/aromatic N) is 3. The highest BCUT2D eigenvalue weighted by Crippen LogP contribution is 2.24. The number of aliphatic hydroxyl groups is 1. The first-order valence-corrected chi connectivity index (χ1v) is 5.62. The lowest BCUT2D eigenvalue weighted by atomic mass is 9.91. The average Bonchev–Trinajstić information content (AvgIpc) is 2.63. The maximum absolute atomic E-state index is 10.5. The van der Waals surface area contributed by atoms with Crippen LogP contribution in [0.1, 0.15) is 23.7 Å². The van der Waals surface area contributed by atoms with E-state index in [0.717, 1.165) is 11.3 Å². The standard InChI is InChI=1S/C13H17N3O/c1-10-4-6-11(7-5-10)13(2,17)8-12-9-16(3)15-14-12/h4-7,9,17H,8H2,1-3H3. The van der Waals surface area contributed by atoms with E-state index in [9.17, 15) is 5.11 Å². The van der Waals surface area contributed by atoms with Gasteiger partial charge in [0.15, 0.2) is 0 Å². The molecule has 0 amide bonds. The van der Waals surface area contributed by atoms with Gasteiger partial charge in [0.05, 0.1) is 11.3 Å². The van der Waals surface area contributed by atoms with Gasteiger partial charge in [0.2, 0.25) is 0 Å². The van der Waals surface area contributed by atoms with Crippen molar-refractivity contribution < 1.29 is 5.11 Å². The minimum absolute atomic E-state index is 0.462. The predicted molar refractivity (Wildman–Crippen MR) is 65.5 cm³/mol. The van der Waals surface area contributed by atoms with Gasteiger partial charge in [0.25, 0.3) is 0 Å². The smallest absolute Gasteiger partial charge is 0.0925 e. The van der Waals surface area contributed by atoms with Crippen molar-refractivity contribution in [1.29, 1.82) is 0 Å². The number of aromatic nitrogens is 3. The lowest BCUT2D eigenvalue weighted by molar-refractivity contribution is 0.0565. The molecular weight excluding hydrogens is 214 g/mol. The number of rotatable bonds is 3. The van der Waals surface area contributed by atoms with Crippen LogP contribution in [-0.4, -0.2) is 20.1 Å². The van der Waals surface area contributed by atoms with Crippen LogP contribution in [-0.2, 0) is 19.1 Å². The third-order valence-corrected chi connectivity index (χ3v) is 2.85. The van der Waals surface area contributed by atoms with E-state index >= 15 is 0 Å². The van der Waals surface area contributed by atoms with Crippen LogP contribution in [0.15, 0.2) is 30.5 Å². The lowest BCUT2D eigenvalue weighted by Gasteiger charge is -2.22. The minimum atomic E-state index is -0.913. The molecule has 1 aromatic carbocycles. The maximum atomic E-state index is 10.5. The summed E-state index contributed by atoms with van der Waals surface area (Å²) in [6.45, 7) is 3.83. The van der Waals surface area contributed by atoms with Gasteiger partial charge >= 0.3 is 0 Å². The van der Waals surface area contributed by atoms with E-state index in [4.69, 9.17) is 0 Å². The lowest BCUT2D eigenvalue weighted by Crippen LogP contribution is -2.24. The minimum Gasteiger partial charge on any atom is -0.385 e. The molecule has 0 spiro atoms. The second kappa shape index (κ2) is 4.30. The van der Waals surface area contributed by atoms with Crippen molar-refractivity contribution in [2.24, 2.45) is 7.05 Å². The van der Waals surface area contributed by atoms with Crippen LogP contribution in [0.2, 0.25) is 0 Å². The molecule has 0 radical (unpaired) electrons. The molecule has 1 atom stereocenters. The van der Waals surface area contributed by atoms with Crippen LogP contribution in [0.3, 0.4) is 0 Å². The Balaban J connectivity index is 2.21. The molecule has 1 N–H and O–H groups in total. The van der Waals surface area contributed by atoms with Crippen LogP contribution in [0.4, 0.5) is 0 Å². The Bertz CT molecular complexity index is 500. The van der Waals surface area contributed by atoms with Crippen molar-refractivity contribution in [2.75, 3.05) is 0 Å². The molecule has 2 rings (SSSR count). The summed E-state index contributed by atoms with van der Waals surface area (Å²) >= 11 is 0. The molecule has 17 heavy (non-hydrogen) atoms. The van der Waals surface area contributed by atoms with Crippen molar-refractivity contribution in [1.82, 2.24) is 15.0 Å². The maximum Gasteiger partial charge on any atom is 0.0925 e. The van der Waals surface area contributed by atoms with E-state index in [2.05, 4.69) is 10.3 Å². The molecule has 2 aromatic rings. The summed E-state index contributed by atoms with van der Waals surface area (Å²) in [6.07, 6.45) is 2.28. The zero-order valence-electron chi connectivity index (χ0n) is 10.4. The van der Waals surface area contributed by atoms with E-state index in [1.807, 2.05) is 44.4 Å². The number of hydrogen-bond acceptors (Lipinski definition) is 3. The molecule has 4 nitrogen and oxygen atoms in total. The number of aryl methyl sites for hydroxylation is 2. The van der Waals surface area contributed by atoms with Gasteiger partial charge in [0, 0.05) is 19.7 Å². The molecule has 0 aliphatic carbocycles. The summed E-state index contributed by atoms with van der Waals surface area (Å²) in [4.78, 5) is 0. The highest BCUT2D eigenvalue weighted by atomic mass is 16.3. The first-order chi connectivity index (χ1) is 7.97. The fourth-order valence-corrected chi connectivity index (χ4v) is 1.84. The van der Waals surface area contributed by atoms with Crippen LogP contribution in [0.25, 0.3) is 0 Å². The molecule has 0 aliphatic heterocycles. The highest BCUT2D eigenvalue weighted by Gasteiger charge is 2.24. The van der Waals surface area contributed by atoms with Gasteiger partial charge in [-0.1, -0.05) is 35.0 Å². The normalized spacial score (nSPS) is 14.6. The summed E-state index contributed by atoms with van der Waals surface area (Å²) in [5.41, 5.74) is 1.96. The fourth-order valence-electron chi connectivity index (χ4n) is 1.84. The SMILES string of the molecule is Cc1ccc(C(C)(O)Cc2cn(C)nn2)cc1. The van der Waals surface area contributed by atoms with E-state index in [1.54, 1.807) is 11.6 Å². The molecule has 1 unspecified atom stereocenters. The van der Waals surface area contributed by atoms with Gasteiger partial charge < -0.3 is 5.11 Å². The summed E-state index contributed by atoms with van der Waals surface area (Å²) in [6, 6.07) is 7.90. The molecule has 1 aromatic heterocycles. The van der Waals surface area contributed by atoms with Gasteiger partial charge in [-0.25, -0.2) is 0 Å². The Hall–Kier alpha value is -1.68. The largest absolute Gasteiger partial charge is 0.385 e. The van der Waals surface area contributed by atoms with Gasteiger partial charge in [-0.3, -0.25) is 4.68 Å². The van der Waals surface area contributed by atoms with E-state index in [-0.39, 0.29) is 0 Å². The summed E-state index contributed by atoms with van der Waals surface area (Å²) in [5.74, 6) is 0. The third kappa shape index (κ3) is 2.71. The van der Waals surface area contributed by atoms with Crippen LogP contribution >= 0.6 is 0 Å². The molecule has 0 saturated heterocycles. The first-order valence-electron chi connectivity index (χ1n) is 5.62. The first kappa shape index (κ1) is 11.8. The van der Waals surface area contributed by atoms with Crippen molar-refractivity contribution in [3.05, 3.63) is 47.3 Å². The zero-order chi connectivity index (χ0) is 12.5. The van der Waals surface area contributed by atoms with Crippen molar-refractivity contribution in [3.63, 3.8) is 0 Å². The monoisotopic (exact) mass is 231 g/mol. The Labute approximate surface area is 101 Å². The summed E-state index contributed by atoms with van der Waals surface area (Å²) < 4.78 is 1.64. The van der Waals surface area contributed by atoms with Crippen molar-refractivity contribution in [3.8, 4) is 0 Å². The zero-order valence-corrected chi connectivity index (χ0v) is 10.4. The second-order valence-electron chi connectivity index (χ2n) is 4.70. The average molecular weight is 231 g/mol. The van der Waals surface area contributed by atoms with Gasteiger partial charge in [-0.2, -0.15) is 0 Å². The molecule has 0 bridgehead atoms. The van der Waals surface area contributed by atoms with Gasteiger partial charge in [0.1, 0.15) is 0 Å². The van der Waals surface area contributed by atoms with E-state index in [1.165, 1.54) is 5.56 Å². The fraction of sp³-hybridized carbons (Fsp3) is 0.385. The van der Waals surface area contributed by atoms with Crippen LogP contribution < -0.4 is 0 Å². The Morgan fingerprint density at radius 3 is 2.47 bits per heavy atom. The molecular formula is C13H17N3O. The van der Waals surface area contributed by atoms with Gasteiger partial charge in [-0.05, 0) is 19.4 Å².